The number of esters is 1. The van der Waals surface area contributed by atoms with Gasteiger partial charge in [0.2, 0.25) is 0 Å². The van der Waals surface area contributed by atoms with Gasteiger partial charge in [-0.15, -0.1) is 0 Å². The van der Waals surface area contributed by atoms with Crippen LogP contribution >= 0.6 is 0 Å². The minimum atomic E-state index is -0.739. The van der Waals surface area contributed by atoms with Gasteiger partial charge in [-0.05, 0) is 94.1 Å². The molecule has 0 amide bonds. The van der Waals surface area contributed by atoms with E-state index >= 15 is 0 Å². The lowest BCUT2D eigenvalue weighted by molar-refractivity contribution is -0.157. The van der Waals surface area contributed by atoms with Gasteiger partial charge in [-0.25, -0.2) is 0 Å². The highest BCUT2D eigenvalue weighted by atomic mass is 16.5. The Morgan fingerprint density at radius 3 is 1.57 bits per heavy atom. The fraction of sp³-hybridized carbons (Fsp3) is 0.435. The molecule has 1 heterocycles. The summed E-state index contributed by atoms with van der Waals surface area (Å²) in [7, 11) is 0. The topological polar surface area (TPSA) is 98.8 Å². The molecular weight excluding hydrogens is 663 g/mol. The van der Waals surface area contributed by atoms with Crippen LogP contribution in [0.1, 0.15) is 94.9 Å². The molecule has 3 atom stereocenters. The van der Waals surface area contributed by atoms with E-state index in [4.69, 9.17) is 9.47 Å². The summed E-state index contributed by atoms with van der Waals surface area (Å²) in [6, 6.07) is -0.309. The molecule has 0 saturated carbocycles. The van der Waals surface area contributed by atoms with Crippen LogP contribution in [0.25, 0.3) is 0 Å². The third kappa shape index (κ3) is 12.5. The van der Waals surface area contributed by atoms with Crippen LogP contribution in [0, 0.1) is 10.8 Å². The molecule has 53 heavy (non-hydrogen) atoms. The molecule has 3 aliphatic rings. The smallest absolute Gasteiger partial charge is 0.323 e. The van der Waals surface area contributed by atoms with Crippen molar-refractivity contribution < 1.29 is 28.7 Å². The lowest BCUT2D eigenvalue weighted by Gasteiger charge is -2.36. The largest absolute Gasteiger partial charge is 0.456 e. The molecule has 7 heteroatoms. The predicted octanol–water partition coefficient (Wildman–Crippen LogP) is 9.39. The van der Waals surface area contributed by atoms with Crippen LogP contribution in [-0.4, -0.2) is 48.8 Å². The Labute approximate surface area is 317 Å². The zero-order valence-corrected chi connectivity index (χ0v) is 33.4. The second-order valence-electron chi connectivity index (χ2n) is 15.7. The summed E-state index contributed by atoms with van der Waals surface area (Å²) < 4.78 is 10.7. The molecule has 0 spiro atoms. The number of allylic oxidation sites excluding steroid dienone is 20. The SMILES string of the molecule is CC1=C(/C=C/C(C)=C/C=C/C(C)=C/C=C/C=C(C)/C=C/C=C(C)/C=C/C2=C(C)C(=O)C(OC(=O)C3CCCN3)CC2(C)C)C(C)(C)CC(OC=O)C1=O. The highest BCUT2D eigenvalue weighted by molar-refractivity contribution is 6.02. The van der Waals surface area contributed by atoms with E-state index in [1.165, 1.54) is 0 Å². The molecule has 3 rings (SSSR count). The average molecular weight is 722 g/mol. The summed E-state index contributed by atoms with van der Waals surface area (Å²) in [4.78, 5) is 49.1. The van der Waals surface area contributed by atoms with E-state index in [0.29, 0.717) is 30.5 Å². The van der Waals surface area contributed by atoms with Gasteiger partial charge in [0.1, 0.15) is 6.04 Å². The van der Waals surface area contributed by atoms with Gasteiger partial charge < -0.3 is 14.8 Å². The van der Waals surface area contributed by atoms with Crippen molar-refractivity contribution in [2.45, 2.75) is 113 Å². The number of nitrogens with one attached hydrogen (secondary N) is 1. The van der Waals surface area contributed by atoms with Gasteiger partial charge in [-0.1, -0.05) is 135 Å². The number of hydrogen-bond acceptors (Lipinski definition) is 7. The lowest BCUT2D eigenvalue weighted by atomic mass is 9.71. The van der Waals surface area contributed by atoms with Gasteiger partial charge in [0.25, 0.3) is 6.47 Å². The normalized spacial score (nSPS) is 25.0. The Bertz CT molecular complexity index is 1750. The van der Waals surface area contributed by atoms with Crippen molar-refractivity contribution in [3.63, 3.8) is 0 Å². The van der Waals surface area contributed by atoms with Crippen molar-refractivity contribution in [3.05, 3.63) is 130 Å². The molecule has 0 aromatic heterocycles. The minimum absolute atomic E-state index is 0.112. The zero-order chi connectivity index (χ0) is 39.3. The maximum atomic E-state index is 13.1. The number of Topliss-reactive ketones (excluding diaryl/α,β-unsaturated/α-hetero) is 2. The summed E-state index contributed by atoms with van der Waals surface area (Å²) in [5.41, 5.74) is 6.94. The molecule has 284 valence electrons. The Morgan fingerprint density at radius 2 is 1.11 bits per heavy atom. The molecule has 1 aliphatic heterocycles. The van der Waals surface area contributed by atoms with Crippen LogP contribution in [0.15, 0.2) is 130 Å². The number of hydrogen-bond donors (Lipinski definition) is 1. The van der Waals surface area contributed by atoms with Crippen molar-refractivity contribution in [2.75, 3.05) is 6.54 Å². The molecule has 0 radical (unpaired) electrons. The summed E-state index contributed by atoms with van der Waals surface area (Å²) >= 11 is 0. The van der Waals surface area contributed by atoms with Crippen molar-refractivity contribution in [3.8, 4) is 0 Å². The highest BCUT2D eigenvalue weighted by Gasteiger charge is 2.41. The first-order valence-corrected chi connectivity index (χ1v) is 18.6. The first-order chi connectivity index (χ1) is 25.0. The molecule has 0 bridgehead atoms. The fourth-order valence-corrected chi connectivity index (χ4v) is 6.95. The van der Waals surface area contributed by atoms with E-state index in [9.17, 15) is 19.2 Å². The standard InChI is InChI=1S/C46H59NO6/c1-31(18-13-20-33(3)23-25-37-35(5)42(49)40(52-30-48)28-45(37,7)8)16-11-12-17-32(2)19-14-21-34(4)24-26-38-36(6)43(50)41(29-46(38,9)10)53-44(51)39-22-15-27-47-39/h11-14,16-21,23-26,30,39-41,47H,15,22,27-29H2,1-10H3/b12-11+,18-13+,19-14+,25-23+,26-24+,31-16+,32-17+,33-20+,34-21+. The van der Waals surface area contributed by atoms with Gasteiger partial charge in [-0.2, -0.15) is 0 Å². The van der Waals surface area contributed by atoms with E-state index < -0.39 is 12.2 Å². The maximum Gasteiger partial charge on any atom is 0.323 e. The van der Waals surface area contributed by atoms with Crippen LogP contribution in [0.3, 0.4) is 0 Å². The van der Waals surface area contributed by atoms with Crippen molar-refractivity contribution in [1.29, 1.82) is 0 Å². The Kier molecular flexibility index (Phi) is 15.7. The molecule has 1 N–H and O–H groups in total. The van der Waals surface area contributed by atoms with E-state index in [-0.39, 0.29) is 34.4 Å². The first kappa shape index (κ1) is 42.8. The molecule has 7 nitrogen and oxygen atoms in total. The third-order valence-electron chi connectivity index (χ3n) is 10.1. The van der Waals surface area contributed by atoms with E-state index in [2.05, 4.69) is 45.2 Å². The molecule has 0 aromatic rings. The van der Waals surface area contributed by atoms with Crippen LogP contribution in [0.2, 0.25) is 0 Å². The summed E-state index contributed by atoms with van der Waals surface area (Å²) in [6.07, 6.45) is 29.5. The number of rotatable bonds is 14. The number of carbonyl (C=O) groups excluding carboxylic acids is 4. The molecule has 2 aliphatic carbocycles. The number of carbonyl (C=O) groups is 4. The second kappa shape index (κ2) is 19.5. The highest BCUT2D eigenvalue weighted by Crippen LogP contribution is 2.42. The Balaban J connectivity index is 1.54. The van der Waals surface area contributed by atoms with Gasteiger partial charge in [0.05, 0.1) is 0 Å². The monoisotopic (exact) mass is 721 g/mol. The maximum absolute atomic E-state index is 13.1. The first-order valence-electron chi connectivity index (χ1n) is 18.6. The minimum Gasteiger partial charge on any atom is -0.456 e. The van der Waals surface area contributed by atoms with Crippen LogP contribution in [-0.2, 0) is 28.7 Å². The molecule has 1 saturated heterocycles. The van der Waals surface area contributed by atoms with Gasteiger partial charge in [0, 0.05) is 12.8 Å². The number of ether oxygens (including phenoxy) is 2. The third-order valence-corrected chi connectivity index (χ3v) is 10.1. The number of ketones is 2. The van der Waals surface area contributed by atoms with E-state index in [1.54, 1.807) is 6.92 Å². The molecule has 0 aromatic carbocycles. The zero-order valence-electron chi connectivity index (χ0n) is 33.4. The molecule has 3 unspecified atom stereocenters. The summed E-state index contributed by atoms with van der Waals surface area (Å²) in [6.45, 7) is 21.2. The summed E-state index contributed by atoms with van der Waals surface area (Å²) in [5, 5.41) is 3.15. The molecular formula is C46H59NO6. The van der Waals surface area contributed by atoms with Crippen LogP contribution < -0.4 is 5.32 Å². The Hall–Kier alpha value is -4.62. The van der Waals surface area contributed by atoms with E-state index in [0.717, 1.165) is 52.8 Å². The quantitative estimate of drug-likeness (QED) is 0.108. The van der Waals surface area contributed by atoms with Crippen molar-refractivity contribution in [2.24, 2.45) is 10.8 Å². The van der Waals surface area contributed by atoms with Gasteiger partial charge in [-0.3, -0.25) is 19.2 Å². The summed E-state index contributed by atoms with van der Waals surface area (Å²) in [5.74, 6) is -0.570. The van der Waals surface area contributed by atoms with Gasteiger partial charge >= 0.3 is 5.97 Å². The van der Waals surface area contributed by atoms with E-state index in [1.807, 2.05) is 108 Å². The second-order valence-corrected chi connectivity index (χ2v) is 15.7. The predicted molar refractivity (Wildman–Crippen MR) is 215 cm³/mol. The van der Waals surface area contributed by atoms with Gasteiger partial charge in [0.15, 0.2) is 23.8 Å². The van der Waals surface area contributed by atoms with Crippen molar-refractivity contribution in [1.82, 2.24) is 5.32 Å². The fourth-order valence-electron chi connectivity index (χ4n) is 6.95. The van der Waals surface area contributed by atoms with Crippen LogP contribution in [0.5, 0.6) is 0 Å². The van der Waals surface area contributed by atoms with Crippen LogP contribution in [0.4, 0.5) is 0 Å². The average Bonchev–Trinajstić information content (AvgIpc) is 3.63. The lowest BCUT2D eigenvalue weighted by Crippen LogP contribution is -2.42. The molecule has 1 fully saturated rings. The Morgan fingerprint density at radius 1 is 0.679 bits per heavy atom. The van der Waals surface area contributed by atoms with Crippen molar-refractivity contribution >= 4 is 24.0 Å².